The van der Waals surface area contributed by atoms with Crippen molar-refractivity contribution in [2.24, 2.45) is 11.8 Å². The highest BCUT2D eigenvalue weighted by molar-refractivity contribution is 5.81. The molecule has 1 saturated heterocycles. The van der Waals surface area contributed by atoms with E-state index in [4.69, 9.17) is 0 Å². The Morgan fingerprint density at radius 2 is 2.06 bits per heavy atom. The predicted octanol–water partition coefficient (Wildman–Crippen LogP) is -0.648. The third-order valence-electron chi connectivity index (χ3n) is 3.30. The van der Waals surface area contributed by atoms with Gasteiger partial charge in [0.1, 0.15) is 0 Å². The number of likely N-dealkylation sites (tertiary alicyclic amines) is 1. The number of nitrogens with one attached hydrogen (secondary N) is 1. The van der Waals surface area contributed by atoms with Crippen LogP contribution in [-0.4, -0.2) is 47.6 Å². The van der Waals surface area contributed by atoms with E-state index in [0.29, 0.717) is 13.1 Å². The van der Waals surface area contributed by atoms with E-state index in [1.807, 2.05) is 0 Å². The van der Waals surface area contributed by atoms with E-state index in [1.165, 1.54) is 6.92 Å². The molecule has 1 heterocycles. The van der Waals surface area contributed by atoms with Crippen molar-refractivity contribution in [2.45, 2.75) is 25.8 Å². The summed E-state index contributed by atoms with van der Waals surface area (Å²) in [4.78, 5) is 24.6. The van der Waals surface area contributed by atoms with Gasteiger partial charge < -0.3 is 15.3 Å². The van der Waals surface area contributed by atoms with Crippen molar-refractivity contribution in [3.05, 3.63) is 0 Å². The van der Waals surface area contributed by atoms with Crippen LogP contribution in [0.5, 0.6) is 0 Å². The van der Waals surface area contributed by atoms with Gasteiger partial charge in [-0.3, -0.25) is 9.59 Å². The second kappa shape index (κ2) is 4.41. The molecule has 0 unspecified atom stereocenters. The first-order valence-electron chi connectivity index (χ1n) is 5.78. The predicted molar refractivity (Wildman–Crippen MR) is 57.5 cm³/mol. The first kappa shape index (κ1) is 11.4. The lowest BCUT2D eigenvalue weighted by atomic mass is 10.1. The van der Waals surface area contributed by atoms with Crippen LogP contribution in [0.3, 0.4) is 0 Å². The number of carbonyl (C=O) groups is 2. The van der Waals surface area contributed by atoms with E-state index in [9.17, 15) is 14.7 Å². The fraction of sp³-hybridized carbons (Fsp3) is 0.818. The maximum Gasteiger partial charge on any atom is 0.225 e. The van der Waals surface area contributed by atoms with Crippen molar-refractivity contribution in [3.8, 4) is 0 Å². The van der Waals surface area contributed by atoms with Crippen LogP contribution >= 0.6 is 0 Å². The molecule has 2 aliphatic rings. The second-order valence-electron chi connectivity index (χ2n) is 4.77. The molecule has 0 aromatic rings. The fourth-order valence-electron chi connectivity index (χ4n) is 2.25. The van der Waals surface area contributed by atoms with Crippen LogP contribution in [0.2, 0.25) is 0 Å². The molecule has 1 aliphatic heterocycles. The maximum atomic E-state index is 11.8. The van der Waals surface area contributed by atoms with Crippen molar-refractivity contribution in [3.63, 3.8) is 0 Å². The van der Waals surface area contributed by atoms with Crippen LogP contribution in [0.4, 0.5) is 0 Å². The van der Waals surface area contributed by atoms with Crippen LogP contribution in [0.1, 0.15) is 19.8 Å². The quantitative estimate of drug-likeness (QED) is 0.672. The first-order valence-corrected chi connectivity index (χ1v) is 5.78. The zero-order chi connectivity index (χ0) is 11.7. The van der Waals surface area contributed by atoms with Gasteiger partial charge in [-0.25, -0.2) is 0 Å². The minimum atomic E-state index is -0.107. The summed E-state index contributed by atoms with van der Waals surface area (Å²) in [6, 6.07) is -0.0924. The summed E-state index contributed by atoms with van der Waals surface area (Å²) in [6.45, 7) is 2.58. The molecule has 5 nitrogen and oxygen atoms in total. The van der Waals surface area contributed by atoms with Crippen LogP contribution < -0.4 is 5.32 Å². The van der Waals surface area contributed by atoms with Gasteiger partial charge in [-0.1, -0.05) is 0 Å². The lowest BCUT2D eigenvalue weighted by Crippen LogP contribution is -2.40. The maximum absolute atomic E-state index is 11.8. The Bertz CT molecular complexity index is 302. The van der Waals surface area contributed by atoms with E-state index in [1.54, 1.807) is 4.90 Å². The summed E-state index contributed by atoms with van der Waals surface area (Å²) in [5.41, 5.74) is 0. The molecule has 2 rings (SSSR count). The van der Waals surface area contributed by atoms with Gasteiger partial charge in [-0.05, 0) is 12.8 Å². The summed E-state index contributed by atoms with van der Waals surface area (Å²) in [5, 5.41) is 12.0. The molecule has 2 amide bonds. The summed E-state index contributed by atoms with van der Waals surface area (Å²) >= 11 is 0. The molecule has 90 valence electrons. The Morgan fingerprint density at radius 3 is 2.56 bits per heavy atom. The number of nitrogens with zero attached hydrogens (tertiary/aromatic N) is 1. The van der Waals surface area contributed by atoms with E-state index < -0.39 is 0 Å². The van der Waals surface area contributed by atoms with Gasteiger partial charge in [-0.2, -0.15) is 0 Å². The lowest BCUT2D eigenvalue weighted by Gasteiger charge is -2.16. The van der Waals surface area contributed by atoms with Crippen molar-refractivity contribution < 1.29 is 14.7 Å². The highest BCUT2D eigenvalue weighted by atomic mass is 16.3. The topological polar surface area (TPSA) is 69.6 Å². The third kappa shape index (κ3) is 2.35. The zero-order valence-electron chi connectivity index (χ0n) is 9.48. The van der Waals surface area contributed by atoms with E-state index in [0.717, 1.165) is 12.8 Å². The molecule has 1 aliphatic carbocycles. The number of hydrogen-bond acceptors (Lipinski definition) is 3. The van der Waals surface area contributed by atoms with Gasteiger partial charge in [0.2, 0.25) is 11.8 Å². The zero-order valence-corrected chi connectivity index (χ0v) is 9.48. The summed E-state index contributed by atoms with van der Waals surface area (Å²) in [7, 11) is 0. The molecule has 0 radical (unpaired) electrons. The molecule has 5 heteroatoms. The Morgan fingerprint density at radius 1 is 1.38 bits per heavy atom. The lowest BCUT2D eigenvalue weighted by molar-refractivity contribution is -0.131. The molecule has 2 N–H and O–H groups in total. The largest absolute Gasteiger partial charge is 0.396 e. The standard InChI is InChI=1S/C11H18N2O3/c1-7(15)12-10-5-13(4-9(10)6-14)11(16)8-2-3-8/h8-10,14H,2-6H2,1H3,(H,12,15)/t9-,10+/m0/s1. The smallest absolute Gasteiger partial charge is 0.225 e. The Balaban J connectivity index is 1.94. The number of aliphatic hydroxyl groups excluding tert-OH is 1. The molecule has 0 aromatic heterocycles. The SMILES string of the molecule is CC(=O)N[C@@H]1CN(C(=O)C2CC2)C[C@H]1CO. The summed E-state index contributed by atoms with van der Waals surface area (Å²) in [5.74, 6) is 0.262. The Kier molecular flexibility index (Phi) is 3.14. The van der Waals surface area contributed by atoms with Crippen molar-refractivity contribution in [2.75, 3.05) is 19.7 Å². The van der Waals surface area contributed by atoms with E-state index in [2.05, 4.69) is 5.32 Å². The average molecular weight is 226 g/mol. The van der Waals surface area contributed by atoms with Crippen molar-refractivity contribution in [1.82, 2.24) is 10.2 Å². The number of amides is 2. The summed E-state index contributed by atoms with van der Waals surface area (Å²) < 4.78 is 0. The Hall–Kier alpha value is -1.10. The van der Waals surface area contributed by atoms with Gasteiger partial charge in [0, 0.05) is 38.5 Å². The second-order valence-corrected chi connectivity index (χ2v) is 4.77. The van der Waals surface area contributed by atoms with Gasteiger partial charge in [-0.15, -0.1) is 0 Å². The number of rotatable bonds is 3. The van der Waals surface area contributed by atoms with Gasteiger partial charge >= 0.3 is 0 Å². The molecule has 0 aromatic carbocycles. The minimum absolute atomic E-state index is 0.0133. The van der Waals surface area contributed by atoms with E-state index in [-0.39, 0.29) is 36.3 Å². The minimum Gasteiger partial charge on any atom is -0.396 e. The molecular weight excluding hydrogens is 208 g/mol. The molecule has 1 saturated carbocycles. The van der Waals surface area contributed by atoms with Crippen LogP contribution in [0, 0.1) is 11.8 Å². The number of carbonyl (C=O) groups excluding carboxylic acids is 2. The van der Waals surface area contributed by atoms with Crippen LogP contribution in [0.25, 0.3) is 0 Å². The molecular formula is C11H18N2O3. The molecule has 2 atom stereocenters. The van der Waals surface area contributed by atoms with E-state index >= 15 is 0 Å². The Labute approximate surface area is 94.8 Å². The highest BCUT2D eigenvalue weighted by Gasteiger charge is 2.40. The van der Waals surface area contributed by atoms with Crippen LogP contribution in [0.15, 0.2) is 0 Å². The molecule has 16 heavy (non-hydrogen) atoms. The van der Waals surface area contributed by atoms with Crippen molar-refractivity contribution in [1.29, 1.82) is 0 Å². The van der Waals surface area contributed by atoms with Crippen molar-refractivity contribution >= 4 is 11.8 Å². The monoisotopic (exact) mass is 226 g/mol. The first-order chi connectivity index (χ1) is 7.61. The van der Waals surface area contributed by atoms with Crippen LogP contribution in [-0.2, 0) is 9.59 Å². The average Bonchev–Trinajstić information content (AvgIpc) is 2.99. The number of hydrogen-bond donors (Lipinski definition) is 2. The molecule has 0 bridgehead atoms. The van der Waals surface area contributed by atoms with Gasteiger partial charge in [0.15, 0.2) is 0 Å². The molecule has 0 spiro atoms. The normalized spacial score (nSPS) is 29.2. The highest BCUT2D eigenvalue weighted by Crippen LogP contribution is 2.32. The summed E-state index contributed by atoms with van der Waals surface area (Å²) in [6.07, 6.45) is 1.98. The number of aliphatic hydroxyl groups is 1. The third-order valence-corrected chi connectivity index (χ3v) is 3.30. The molecule has 2 fully saturated rings. The van der Waals surface area contributed by atoms with Gasteiger partial charge in [0.25, 0.3) is 0 Å². The fourth-order valence-corrected chi connectivity index (χ4v) is 2.25. The van der Waals surface area contributed by atoms with Gasteiger partial charge in [0.05, 0.1) is 6.04 Å².